The summed E-state index contributed by atoms with van der Waals surface area (Å²) < 4.78 is 8.88. The Morgan fingerprint density at radius 2 is 2.15 bits per heavy atom. The van der Waals surface area contributed by atoms with Crippen molar-refractivity contribution in [1.29, 1.82) is 0 Å². The van der Waals surface area contributed by atoms with Gasteiger partial charge in [-0.05, 0) is 41.4 Å². The van der Waals surface area contributed by atoms with Crippen molar-refractivity contribution < 1.29 is 4.74 Å². The average Bonchev–Trinajstić information content (AvgIpc) is 2.93. The maximum atomic E-state index is 5.92. The lowest BCUT2D eigenvalue weighted by Gasteiger charge is -2.11. The summed E-state index contributed by atoms with van der Waals surface area (Å²) in [7, 11) is 0. The quantitative estimate of drug-likeness (QED) is 0.630. The summed E-state index contributed by atoms with van der Waals surface area (Å²) in [4.78, 5) is 0. The Kier molecular flexibility index (Phi) is 5.66. The lowest BCUT2D eigenvalue weighted by molar-refractivity contribution is 0.294. The molecule has 0 amide bonds. The highest BCUT2D eigenvalue weighted by molar-refractivity contribution is 9.10. The fourth-order valence-corrected chi connectivity index (χ4v) is 2.82. The van der Waals surface area contributed by atoms with Crippen molar-refractivity contribution in [2.75, 3.05) is 0 Å². The number of para-hydroxylation sites is 1. The van der Waals surface area contributed by atoms with Crippen LogP contribution in [0.3, 0.4) is 0 Å². The summed E-state index contributed by atoms with van der Waals surface area (Å²) in [6.45, 7) is 4.80. The van der Waals surface area contributed by atoms with E-state index < -0.39 is 0 Å². The summed E-state index contributed by atoms with van der Waals surface area (Å²) in [5.74, 6) is 0.877. The summed E-state index contributed by atoms with van der Waals surface area (Å²) in [5.41, 5.74) is 2.07. The molecule has 0 radical (unpaired) electrons. The number of alkyl halides is 1. The van der Waals surface area contributed by atoms with Crippen LogP contribution >= 0.6 is 31.9 Å². The van der Waals surface area contributed by atoms with Gasteiger partial charge in [0.1, 0.15) is 12.4 Å². The second kappa shape index (κ2) is 7.27. The van der Waals surface area contributed by atoms with E-state index in [0.29, 0.717) is 12.6 Å². The van der Waals surface area contributed by atoms with Crippen LogP contribution in [0.2, 0.25) is 0 Å². The Hall–Kier alpha value is -0.810. The van der Waals surface area contributed by atoms with Crippen LogP contribution in [-0.2, 0) is 11.9 Å². The molecule has 1 aromatic carbocycles. The maximum absolute atomic E-state index is 5.92. The number of hydrogen-bond acceptors (Lipinski definition) is 2. The average molecular weight is 402 g/mol. The van der Waals surface area contributed by atoms with Gasteiger partial charge in [0, 0.05) is 23.1 Å². The summed E-state index contributed by atoms with van der Waals surface area (Å²) in [6, 6.07) is 8.47. The molecule has 3 nitrogen and oxygen atoms in total. The predicted molar refractivity (Wildman–Crippen MR) is 88.3 cm³/mol. The van der Waals surface area contributed by atoms with E-state index in [4.69, 9.17) is 4.74 Å². The minimum absolute atomic E-state index is 0.422. The van der Waals surface area contributed by atoms with E-state index in [2.05, 4.69) is 50.8 Å². The first-order valence-corrected chi connectivity index (χ1v) is 8.57. The third-order valence-electron chi connectivity index (χ3n) is 3.26. The van der Waals surface area contributed by atoms with Crippen molar-refractivity contribution in [2.24, 2.45) is 0 Å². The maximum Gasteiger partial charge on any atom is 0.138 e. The summed E-state index contributed by atoms with van der Waals surface area (Å²) in [5, 5.41) is 5.31. The van der Waals surface area contributed by atoms with Gasteiger partial charge in [-0.1, -0.05) is 35.0 Å². The number of aromatic nitrogens is 2. The smallest absolute Gasteiger partial charge is 0.138 e. The van der Waals surface area contributed by atoms with Crippen molar-refractivity contribution in [1.82, 2.24) is 9.78 Å². The van der Waals surface area contributed by atoms with Gasteiger partial charge >= 0.3 is 0 Å². The van der Waals surface area contributed by atoms with Gasteiger partial charge < -0.3 is 4.74 Å². The van der Waals surface area contributed by atoms with Crippen molar-refractivity contribution in [3.63, 3.8) is 0 Å². The minimum atomic E-state index is 0.422. The molecule has 1 heterocycles. The number of benzene rings is 1. The molecule has 5 heteroatoms. The number of nitrogens with zero attached hydrogens (tertiary/aromatic N) is 2. The molecular formula is C15H18Br2N2O. The molecule has 0 aliphatic heterocycles. The van der Waals surface area contributed by atoms with Gasteiger partial charge in [-0.2, -0.15) is 5.10 Å². The summed E-state index contributed by atoms with van der Waals surface area (Å²) >= 11 is 7.01. The fraction of sp³-hybridized carbons (Fsp3) is 0.400. The zero-order valence-electron chi connectivity index (χ0n) is 11.6. The number of halogens is 2. The molecule has 0 saturated heterocycles. The van der Waals surface area contributed by atoms with Gasteiger partial charge in [-0.3, -0.25) is 4.68 Å². The second-order valence-electron chi connectivity index (χ2n) is 4.69. The molecule has 1 aromatic heterocycles. The van der Waals surface area contributed by atoms with E-state index in [9.17, 15) is 0 Å². The van der Waals surface area contributed by atoms with Gasteiger partial charge in [-0.25, -0.2) is 0 Å². The first kappa shape index (κ1) is 15.6. The highest BCUT2D eigenvalue weighted by Gasteiger charge is 2.09. The molecule has 0 fully saturated rings. The normalized spacial score (nSPS) is 12.4. The predicted octanol–water partition coefficient (Wildman–Crippen LogP) is 5.09. The van der Waals surface area contributed by atoms with Crippen LogP contribution in [-0.4, -0.2) is 9.78 Å². The topological polar surface area (TPSA) is 27.1 Å². The van der Waals surface area contributed by atoms with E-state index in [0.717, 1.165) is 33.2 Å². The van der Waals surface area contributed by atoms with Crippen LogP contribution in [0, 0.1) is 0 Å². The minimum Gasteiger partial charge on any atom is -0.486 e. The van der Waals surface area contributed by atoms with E-state index >= 15 is 0 Å². The van der Waals surface area contributed by atoms with Gasteiger partial charge in [0.15, 0.2) is 0 Å². The number of rotatable bonds is 6. The zero-order valence-corrected chi connectivity index (χ0v) is 14.8. The van der Waals surface area contributed by atoms with E-state index in [1.807, 2.05) is 35.1 Å². The van der Waals surface area contributed by atoms with Crippen LogP contribution in [0.5, 0.6) is 5.75 Å². The Balaban J connectivity index is 2.07. The van der Waals surface area contributed by atoms with Crippen LogP contribution in [0.15, 0.2) is 34.9 Å². The van der Waals surface area contributed by atoms with E-state index in [-0.39, 0.29) is 0 Å². The Bertz CT molecular complexity index is 569. The molecule has 20 heavy (non-hydrogen) atoms. The molecule has 0 saturated carbocycles. The van der Waals surface area contributed by atoms with Crippen LogP contribution < -0.4 is 4.74 Å². The number of hydrogen-bond donors (Lipinski definition) is 0. The fourth-order valence-electron chi connectivity index (χ4n) is 1.85. The molecule has 0 bridgehead atoms. The van der Waals surface area contributed by atoms with Gasteiger partial charge in [-0.15, -0.1) is 0 Å². The van der Waals surface area contributed by atoms with Gasteiger partial charge in [0.25, 0.3) is 0 Å². The van der Waals surface area contributed by atoms with E-state index in [1.165, 1.54) is 0 Å². The van der Waals surface area contributed by atoms with Crippen molar-refractivity contribution >= 4 is 31.9 Å². The Morgan fingerprint density at radius 1 is 1.35 bits per heavy atom. The van der Waals surface area contributed by atoms with Crippen LogP contribution in [0.4, 0.5) is 0 Å². The highest BCUT2D eigenvalue weighted by atomic mass is 79.9. The molecule has 0 aliphatic carbocycles. The number of ether oxygens (including phenoxy) is 1. The monoisotopic (exact) mass is 400 g/mol. The largest absolute Gasteiger partial charge is 0.486 e. The standard InChI is InChI=1S/C15H18Br2N2O/c1-3-11(2)19-8-7-13(18-19)10-20-15-12(9-16)5-4-6-14(15)17/h4-8,11H,3,9-10H2,1-2H3. The molecule has 2 aromatic rings. The molecule has 2 rings (SSSR count). The molecule has 1 atom stereocenters. The van der Waals surface area contributed by atoms with Crippen LogP contribution in [0.1, 0.15) is 37.6 Å². The lowest BCUT2D eigenvalue weighted by atomic mass is 10.2. The molecule has 0 spiro atoms. The Labute approximate surface area is 136 Å². The van der Waals surface area contributed by atoms with Gasteiger partial charge in [0.2, 0.25) is 0 Å². The molecular weight excluding hydrogens is 384 g/mol. The third kappa shape index (κ3) is 3.64. The molecule has 108 valence electrons. The highest BCUT2D eigenvalue weighted by Crippen LogP contribution is 2.31. The molecule has 1 unspecified atom stereocenters. The Morgan fingerprint density at radius 3 is 2.85 bits per heavy atom. The van der Waals surface area contributed by atoms with Crippen molar-refractivity contribution in [3.05, 3.63) is 46.2 Å². The summed E-state index contributed by atoms with van der Waals surface area (Å²) in [6.07, 6.45) is 3.08. The SMILES string of the molecule is CCC(C)n1ccc(COc2c(Br)cccc2CBr)n1. The third-order valence-corrected chi connectivity index (χ3v) is 4.49. The second-order valence-corrected chi connectivity index (χ2v) is 6.11. The first-order chi connectivity index (χ1) is 9.65. The molecule has 0 N–H and O–H groups in total. The molecule has 0 aliphatic rings. The lowest BCUT2D eigenvalue weighted by Crippen LogP contribution is -2.06. The van der Waals surface area contributed by atoms with Crippen molar-refractivity contribution in [3.8, 4) is 5.75 Å². The van der Waals surface area contributed by atoms with E-state index in [1.54, 1.807) is 0 Å². The van der Waals surface area contributed by atoms with Crippen LogP contribution in [0.25, 0.3) is 0 Å². The first-order valence-electron chi connectivity index (χ1n) is 6.65. The van der Waals surface area contributed by atoms with Gasteiger partial charge in [0.05, 0.1) is 10.2 Å². The van der Waals surface area contributed by atoms with Crippen molar-refractivity contribution in [2.45, 2.75) is 38.2 Å². The zero-order chi connectivity index (χ0) is 14.5.